The van der Waals surface area contributed by atoms with Crippen molar-refractivity contribution in [3.63, 3.8) is 0 Å². The van der Waals surface area contributed by atoms with Crippen LogP contribution in [0.1, 0.15) is 40.4 Å². The fourth-order valence-corrected chi connectivity index (χ4v) is 2.35. The lowest BCUT2D eigenvalue weighted by atomic mass is 10.1. The topological polar surface area (TPSA) is 91.7 Å². The van der Waals surface area contributed by atoms with E-state index in [0.29, 0.717) is 17.0 Å². The number of hydrogen-bond donors (Lipinski definition) is 2. The zero-order valence-electron chi connectivity index (χ0n) is 15.5. The molecule has 0 aliphatic carbocycles. The van der Waals surface area contributed by atoms with Crippen LogP contribution in [-0.2, 0) is 9.59 Å². The van der Waals surface area contributed by atoms with Crippen LogP contribution in [-0.4, -0.2) is 36.7 Å². The molecule has 0 unspecified atom stereocenters. The fourth-order valence-electron chi connectivity index (χ4n) is 2.35. The molecule has 7 heteroatoms. The standard InChI is InChI=1S/C19H23N3O4/c1-11-6-8-14(19(25)22(4)5)10-15(11)21-18(24)17(23)20-13(3)16-9-7-12(2)26-16/h6-10,13H,1-5H3,(H,20,23)(H,21,24)/t13-/m0/s1. The van der Waals surface area contributed by atoms with Crippen LogP contribution in [0.15, 0.2) is 34.7 Å². The maximum Gasteiger partial charge on any atom is 0.313 e. The van der Waals surface area contributed by atoms with Crippen molar-refractivity contribution in [2.24, 2.45) is 0 Å². The Labute approximate surface area is 152 Å². The molecule has 1 heterocycles. The number of hydrogen-bond acceptors (Lipinski definition) is 4. The summed E-state index contributed by atoms with van der Waals surface area (Å²) in [5.41, 5.74) is 1.59. The summed E-state index contributed by atoms with van der Waals surface area (Å²) in [6.07, 6.45) is 0. The van der Waals surface area contributed by atoms with Gasteiger partial charge in [-0.1, -0.05) is 6.07 Å². The highest BCUT2D eigenvalue weighted by molar-refractivity contribution is 6.39. The van der Waals surface area contributed by atoms with Gasteiger partial charge in [-0.05, 0) is 50.6 Å². The third-order valence-corrected chi connectivity index (χ3v) is 3.88. The summed E-state index contributed by atoms with van der Waals surface area (Å²) >= 11 is 0. The number of carbonyl (C=O) groups is 3. The Bertz CT molecular complexity index is 839. The van der Waals surface area contributed by atoms with Crippen molar-refractivity contribution >= 4 is 23.4 Å². The van der Waals surface area contributed by atoms with Crippen molar-refractivity contribution in [2.75, 3.05) is 19.4 Å². The number of anilines is 1. The number of rotatable bonds is 4. The largest absolute Gasteiger partial charge is 0.464 e. The van der Waals surface area contributed by atoms with Crippen LogP contribution in [0.4, 0.5) is 5.69 Å². The molecule has 7 nitrogen and oxygen atoms in total. The Hall–Kier alpha value is -3.09. The van der Waals surface area contributed by atoms with Gasteiger partial charge in [-0.25, -0.2) is 0 Å². The lowest BCUT2D eigenvalue weighted by Gasteiger charge is -2.14. The molecular formula is C19H23N3O4. The Morgan fingerprint density at radius 3 is 2.31 bits per heavy atom. The number of nitrogens with zero attached hydrogens (tertiary/aromatic N) is 1. The average molecular weight is 357 g/mol. The summed E-state index contributed by atoms with van der Waals surface area (Å²) in [4.78, 5) is 37.8. The third-order valence-electron chi connectivity index (χ3n) is 3.88. The number of nitrogens with one attached hydrogen (secondary N) is 2. The molecule has 0 aliphatic rings. The van der Waals surface area contributed by atoms with E-state index in [2.05, 4.69) is 10.6 Å². The van der Waals surface area contributed by atoms with Crippen molar-refractivity contribution in [3.05, 3.63) is 53.0 Å². The molecule has 1 aromatic carbocycles. The predicted molar refractivity (Wildman–Crippen MR) is 97.8 cm³/mol. The monoisotopic (exact) mass is 357 g/mol. The van der Waals surface area contributed by atoms with Crippen molar-refractivity contribution in [2.45, 2.75) is 26.8 Å². The maximum absolute atomic E-state index is 12.2. The van der Waals surface area contributed by atoms with E-state index < -0.39 is 17.9 Å². The summed E-state index contributed by atoms with van der Waals surface area (Å²) in [6.45, 7) is 5.31. The molecule has 3 amide bonds. The number of benzene rings is 1. The molecule has 0 spiro atoms. The second-order valence-corrected chi connectivity index (χ2v) is 6.33. The van der Waals surface area contributed by atoms with Gasteiger partial charge in [0.15, 0.2) is 0 Å². The summed E-state index contributed by atoms with van der Waals surface area (Å²) in [7, 11) is 3.29. The van der Waals surface area contributed by atoms with Crippen LogP contribution in [0.5, 0.6) is 0 Å². The lowest BCUT2D eigenvalue weighted by Crippen LogP contribution is -2.37. The Balaban J connectivity index is 2.07. The molecule has 138 valence electrons. The minimum atomic E-state index is -0.808. The average Bonchev–Trinajstić information content (AvgIpc) is 3.02. The number of carbonyl (C=O) groups excluding carboxylic acids is 3. The van der Waals surface area contributed by atoms with Crippen LogP contribution in [0.2, 0.25) is 0 Å². The normalized spacial score (nSPS) is 11.6. The van der Waals surface area contributed by atoms with Crippen molar-refractivity contribution in [1.29, 1.82) is 0 Å². The van der Waals surface area contributed by atoms with Gasteiger partial charge < -0.3 is 20.0 Å². The minimum absolute atomic E-state index is 0.188. The molecule has 2 aromatic rings. The number of amides is 3. The van der Waals surface area contributed by atoms with E-state index in [0.717, 1.165) is 11.3 Å². The molecular weight excluding hydrogens is 334 g/mol. The highest BCUT2D eigenvalue weighted by atomic mass is 16.3. The number of aryl methyl sites for hydroxylation is 2. The predicted octanol–water partition coefficient (Wildman–Crippen LogP) is 2.41. The lowest BCUT2D eigenvalue weighted by molar-refractivity contribution is -0.136. The minimum Gasteiger partial charge on any atom is -0.464 e. The second kappa shape index (κ2) is 7.86. The molecule has 26 heavy (non-hydrogen) atoms. The van der Waals surface area contributed by atoms with Crippen LogP contribution in [0, 0.1) is 13.8 Å². The number of furan rings is 1. The molecule has 1 atom stereocenters. The van der Waals surface area contributed by atoms with Crippen LogP contribution in [0.25, 0.3) is 0 Å². The molecule has 2 N–H and O–H groups in total. The second-order valence-electron chi connectivity index (χ2n) is 6.33. The SMILES string of the molecule is Cc1ccc([C@H](C)NC(=O)C(=O)Nc2cc(C(=O)N(C)C)ccc2C)o1. The molecule has 2 rings (SSSR count). The van der Waals surface area contributed by atoms with Crippen LogP contribution < -0.4 is 10.6 Å². The Morgan fingerprint density at radius 2 is 1.73 bits per heavy atom. The first kappa shape index (κ1) is 19.2. The molecule has 0 saturated heterocycles. The summed E-state index contributed by atoms with van der Waals surface area (Å²) in [5.74, 6) is -0.485. The molecule has 0 fully saturated rings. The zero-order valence-corrected chi connectivity index (χ0v) is 15.5. The van der Waals surface area contributed by atoms with Crippen molar-refractivity contribution in [1.82, 2.24) is 10.2 Å². The molecule has 0 saturated carbocycles. The summed E-state index contributed by atoms with van der Waals surface area (Å²) in [5, 5.41) is 5.14. The van der Waals surface area contributed by atoms with E-state index >= 15 is 0 Å². The van der Waals surface area contributed by atoms with Gasteiger partial charge in [0, 0.05) is 25.3 Å². The fraction of sp³-hybridized carbons (Fsp3) is 0.316. The highest BCUT2D eigenvalue weighted by Crippen LogP contribution is 2.18. The van der Waals surface area contributed by atoms with Crippen molar-refractivity contribution < 1.29 is 18.8 Å². The maximum atomic E-state index is 12.2. The Morgan fingerprint density at radius 1 is 1.04 bits per heavy atom. The van der Waals surface area contributed by atoms with Crippen molar-refractivity contribution in [3.8, 4) is 0 Å². The smallest absolute Gasteiger partial charge is 0.313 e. The van der Waals surface area contributed by atoms with E-state index in [1.165, 1.54) is 4.90 Å². The molecule has 0 aliphatic heterocycles. The zero-order chi connectivity index (χ0) is 19.4. The third kappa shape index (κ3) is 4.50. The van der Waals surface area contributed by atoms with Crippen LogP contribution in [0.3, 0.4) is 0 Å². The first-order valence-electron chi connectivity index (χ1n) is 8.19. The van der Waals surface area contributed by atoms with Gasteiger partial charge in [0.05, 0.1) is 6.04 Å². The van der Waals surface area contributed by atoms with E-state index in [1.54, 1.807) is 65.2 Å². The Kier molecular flexibility index (Phi) is 5.82. The van der Waals surface area contributed by atoms with E-state index in [9.17, 15) is 14.4 Å². The molecule has 0 radical (unpaired) electrons. The molecule has 0 bridgehead atoms. The summed E-state index contributed by atoms with van der Waals surface area (Å²) < 4.78 is 5.44. The van der Waals surface area contributed by atoms with Gasteiger partial charge in [-0.15, -0.1) is 0 Å². The van der Waals surface area contributed by atoms with Gasteiger partial charge in [0.1, 0.15) is 11.5 Å². The van der Waals surface area contributed by atoms with Gasteiger partial charge in [-0.2, -0.15) is 0 Å². The van der Waals surface area contributed by atoms with Gasteiger partial charge in [0.2, 0.25) is 0 Å². The molecule has 1 aromatic heterocycles. The first-order valence-corrected chi connectivity index (χ1v) is 8.19. The van der Waals surface area contributed by atoms with E-state index in [4.69, 9.17) is 4.42 Å². The highest BCUT2D eigenvalue weighted by Gasteiger charge is 2.20. The van der Waals surface area contributed by atoms with Gasteiger partial charge in [0.25, 0.3) is 5.91 Å². The summed E-state index contributed by atoms with van der Waals surface area (Å²) in [6, 6.07) is 8.05. The quantitative estimate of drug-likeness (QED) is 0.822. The first-order chi connectivity index (χ1) is 12.2. The van der Waals surface area contributed by atoms with Gasteiger partial charge in [-0.3, -0.25) is 14.4 Å². The van der Waals surface area contributed by atoms with E-state index in [-0.39, 0.29) is 5.91 Å². The van der Waals surface area contributed by atoms with E-state index in [1.807, 2.05) is 0 Å². The van der Waals surface area contributed by atoms with Gasteiger partial charge >= 0.3 is 11.8 Å². The van der Waals surface area contributed by atoms with Crippen LogP contribution >= 0.6 is 0 Å².